The van der Waals surface area contributed by atoms with Crippen molar-refractivity contribution in [3.8, 4) is 0 Å². The molecular weight excluding hydrogens is 304 g/mol. The summed E-state index contributed by atoms with van der Waals surface area (Å²) in [6.45, 7) is 0. The highest BCUT2D eigenvalue weighted by Crippen LogP contribution is 2.17. The lowest BCUT2D eigenvalue weighted by atomic mass is 10.2. The standard InChI is InChI=1S/C11H11ClN4O3S/c12-7-4-10(14-6-7)11(17)15-8-2-1-3-9(5-8)16-20(13,18)19/h1-6,14,16H,(H,15,17)(H2,13,18,19). The Morgan fingerprint density at radius 1 is 1.25 bits per heavy atom. The Morgan fingerprint density at radius 3 is 2.55 bits per heavy atom. The maximum Gasteiger partial charge on any atom is 0.296 e. The Kier molecular flexibility index (Phi) is 3.98. The van der Waals surface area contributed by atoms with E-state index >= 15 is 0 Å². The molecule has 0 bridgehead atoms. The minimum absolute atomic E-state index is 0.245. The average Bonchev–Trinajstić information content (AvgIpc) is 2.74. The number of carbonyl (C=O) groups is 1. The van der Waals surface area contributed by atoms with Gasteiger partial charge in [-0.3, -0.25) is 9.52 Å². The van der Waals surface area contributed by atoms with Crippen LogP contribution >= 0.6 is 11.6 Å². The number of aromatic nitrogens is 1. The molecule has 1 aromatic carbocycles. The molecule has 0 radical (unpaired) electrons. The molecule has 0 aliphatic carbocycles. The van der Waals surface area contributed by atoms with Crippen LogP contribution in [0.3, 0.4) is 0 Å². The summed E-state index contributed by atoms with van der Waals surface area (Å²) in [4.78, 5) is 14.6. The third-order valence-electron chi connectivity index (χ3n) is 2.27. The molecule has 9 heteroatoms. The van der Waals surface area contributed by atoms with E-state index in [-0.39, 0.29) is 5.69 Å². The maximum atomic E-state index is 11.9. The Bertz CT molecular complexity index is 742. The zero-order chi connectivity index (χ0) is 14.8. The van der Waals surface area contributed by atoms with E-state index in [0.717, 1.165) is 0 Å². The molecule has 0 unspecified atom stereocenters. The zero-order valence-corrected chi connectivity index (χ0v) is 11.6. The van der Waals surface area contributed by atoms with Gasteiger partial charge in [0.25, 0.3) is 16.1 Å². The van der Waals surface area contributed by atoms with Gasteiger partial charge in [0.1, 0.15) is 5.69 Å². The second-order valence-electron chi connectivity index (χ2n) is 3.91. The van der Waals surface area contributed by atoms with Crippen LogP contribution in [0, 0.1) is 0 Å². The van der Waals surface area contributed by atoms with Gasteiger partial charge in [0.15, 0.2) is 0 Å². The summed E-state index contributed by atoms with van der Waals surface area (Å²) in [6.07, 6.45) is 1.48. The lowest BCUT2D eigenvalue weighted by Crippen LogP contribution is -2.21. The number of anilines is 2. The minimum atomic E-state index is -3.86. The SMILES string of the molecule is NS(=O)(=O)Nc1cccc(NC(=O)c2cc(Cl)c[nH]2)c1. The van der Waals surface area contributed by atoms with Crippen molar-refractivity contribution in [2.24, 2.45) is 5.14 Å². The number of nitrogens with two attached hydrogens (primary N) is 1. The van der Waals surface area contributed by atoms with E-state index in [0.29, 0.717) is 16.4 Å². The normalized spacial score (nSPS) is 11.1. The summed E-state index contributed by atoms with van der Waals surface area (Å²) in [7, 11) is -3.86. The summed E-state index contributed by atoms with van der Waals surface area (Å²) >= 11 is 5.70. The van der Waals surface area contributed by atoms with Crippen molar-refractivity contribution in [1.29, 1.82) is 0 Å². The number of benzene rings is 1. The fraction of sp³-hybridized carbons (Fsp3) is 0. The van der Waals surface area contributed by atoms with Crippen molar-refractivity contribution in [1.82, 2.24) is 4.98 Å². The Labute approximate surface area is 120 Å². The average molecular weight is 315 g/mol. The number of aromatic amines is 1. The first-order valence-corrected chi connectivity index (χ1v) is 7.32. The monoisotopic (exact) mass is 314 g/mol. The van der Waals surface area contributed by atoms with Crippen LogP contribution in [0.1, 0.15) is 10.5 Å². The molecule has 1 amide bonds. The smallest absolute Gasteiger partial charge is 0.296 e. The van der Waals surface area contributed by atoms with E-state index in [2.05, 4.69) is 15.0 Å². The molecule has 2 aromatic rings. The topological polar surface area (TPSA) is 117 Å². The van der Waals surface area contributed by atoms with Gasteiger partial charge in [-0.05, 0) is 24.3 Å². The fourth-order valence-corrected chi connectivity index (χ4v) is 2.14. The Hall–Kier alpha value is -2.03. The first kappa shape index (κ1) is 14.4. The van der Waals surface area contributed by atoms with Crippen molar-refractivity contribution in [3.63, 3.8) is 0 Å². The lowest BCUT2D eigenvalue weighted by Gasteiger charge is -2.07. The van der Waals surface area contributed by atoms with Gasteiger partial charge in [-0.2, -0.15) is 8.42 Å². The second-order valence-corrected chi connectivity index (χ2v) is 5.64. The quantitative estimate of drug-likeness (QED) is 0.685. The number of hydrogen-bond donors (Lipinski definition) is 4. The maximum absolute atomic E-state index is 11.9. The van der Waals surface area contributed by atoms with Crippen molar-refractivity contribution in [3.05, 3.63) is 47.2 Å². The highest BCUT2D eigenvalue weighted by molar-refractivity contribution is 7.90. The van der Waals surface area contributed by atoms with E-state index in [9.17, 15) is 13.2 Å². The van der Waals surface area contributed by atoms with Crippen molar-refractivity contribution in [2.75, 3.05) is 10.0 Å². The summed E-state index contributed by atoms with van der Waals surface area (Å²) in [5.74, 6) is -0.398. The highest BCUT2D eigenvalue weighted by Gasteiger charge is 2.09. The number of halogens is 1. The molecule has 20 heavy (non-hydrogen) atoms. The number of H-pyrrole nitrogens is 1. The van der Waals surface area contributed by atoms with E-state index in [1.54, 1.807) is 12.1 Å². The molecule has 0 fully saturated rings. The molecule has 1 aromatic heterocycles. The molecule has 1 heterocycles. The van der Waals surface area contributed by atoms with Gasteiger partial charge < -0.3 is 10.3 Å². The Morgan fingerprint density at radius 2 is 1.95 bits per heavy atom. The van der Waals surface area contributed by atoms with E-state index < -0.39 is 16.1 Å². The summed E-state index contributed by atoms with van der Waals surface area (Å²) < 4.78 is 23.9. The third kappa shape index (κ3) is 3.98. The predicted molar refractivity (Wildman–Crippen MR) is 76.9 cm³/mol. The van der Waals surface area contributed by atoms with E-state index in [4.69, 9.17) is 16.7 Å². The molecule has 0 saturated carbocycles. The number of nitrogens with one attached hydrogen (secondary N) is 3. The fourth-order valence-electron chi connectivity index (χ4n) is 1.52. The molecule has 0 atom stereocenters. The van der Waals surface area contributed by atoms with Crippen molar-refractivity contribution < 1.29 is 13.2 Å². The van der Waals surface area contributed by atoms with E-state index in [1.807, 2.05) is 0 Å². The number of amides is 1. The van der Waals surface area contributed by atoms with Crippen LogP contribution in [0.25, 0.3) is 0 Å². The number of rotatable bonds is 4. The van der Waals surface area contributed by atoms with Crippen molar-refractivity contribution in [2.45, 2.75) is 0 Å². The van der Waals surface area contributed by atoms with Crippen molar-refractivity contribution >= 4 is 39.1 Å². The van der Waals surface area contributed by atoms with Gasteiger partial charge in [0, 0.05) is 11.9 Å². The molecule has 0 saturated heterocycles. The van der Waals surface area contributed by atoms with Crippen LogP contribution in [0.4, 0.5) is 11.4 Å². The molecule has 0 aliphatic rings. The van der Waals surface area contributed by atoms with Gasteiger partial charge in [0.2, 0.25) is 0 Å². The zero-order valence-electron chi connectivity index (χ0n) is 10.1. The molecule has 0 aliphatic heterocycles. The van der Waals surface area contributed by atoms with Crippen LogP contribution in [0.15, 0.2) is 36.5 Å². The third-order valence-corrected chi connectivity index (χ3v) is 3.01. The van der Waals surface area contributed by atoms with Crippen LogP contribution in [0.5, 0.6) is 0 Å². The van der Waals surface area contributed by atoms with Gasteiger partial charge in [0.05, 0.1) is 10.7 Å². The van der Waals surface area contributed by atoms with Gasteiger partial charge in [-0.1, -0.05) is 17.7 Å². The van der Waals surface area contributed by atoms with Gasteiger partial charge >= 0.3 is 0 Å². The number of hydrogen-bond acceptors (Lipinski definition) is 3. The largest absolute Gasteiger partial charge is 0.356 e. The highest BCUT2D eigenvalue weighted by atomic mass is 35.5. The van der Waals surface area contributed by atoms with E-state index in [1.165, 1.54) is 24.4 Å². The van der Waals surface area contributed by atoms with Crippen LogP contribution in [-0.4, -0.2) is 19.3 Å². The predicted octanol–water partition coefficient (Wildman–Crippen LogP) is 1.54. The first-order valence-electron chi connectivity index (χ1n) is 5.39. The van der Waals surface area contributed by atoms with Crippen LogP contribution < -0.4 is 15.2 Å². The van der Waals surface area contributed by atoms with Gasteiger partial charge in [-0.25, -0.2) is 5.14 Å². The molecule has 106 valence electrons. The Balaban J connectivity index is 2.14. The minimum Gasteiger partial charge on any atom is -0.356 e. The summed E-state index contributed by atoms with van der Waals surface area (Å²) in [5, 5.41) is 7.88. The number of carbonyl (C=O) groups excluding carboxylic acids is 1. The molecular formula is C11H11ClN4O3S. The van der Waals surface area contributed by atoms with Gasteiger partial charge in [-0.15, -0.1) is 0 Å². The second kappa shape index (κ2) is 5.53. The molecule has 5 N–H and O–H groups in total. The summed E-state index contributed by atoms with van der Waals surface area (Å²) in [6, 6.07) is 7.60. The first-order chi connectivity index (χ1) is 9.33. The lowest BCUT2D eigenvalue weighted by molar-refractivity contribution is 0.102. The molecule has 7 nitrogen and oxygen atoms in total. The van der Waals surface area contributed by atoms with Crippen LogP contribution in [-0.2, 0) is 10.2 Å². The molecule has 2 rings (SSSR count). The molecule has 0 spiro atoms. The van der Waals surface area contributed by atoms with Crippen LogP contribution in [0.2, 0.25) is 5.02 Å². The summed E-state index contributed by atoms with van der Waals surface area (Å²) in [5.41, 5.74) is 0.948.